The van der Waals surface area contributed by atoms with Crippen LogP contribution in [0.1, 0.15) is 0 Å². The largest absolute Gasteiger partial charge is 0.368 e. The fourth-order valence-corrected chi connectivity index (χ4v) is 1.82. The Kier molecular flexibility index (Phi) is 3.78. The van der Waals surface area contributed by atoms with E-state index in [0.29, 0.717) is 10.8 Å². The molecule has 2 rings (SSSR count). The number of aromatic nitrogens is 3. The Morgan fingerprint density at radius 3 is 3.06 bits per heavy atom. The molecule has 0 saturated carbocycles. The van der Waals surface area contributed by atoms with Crippen molar-refractivity contribution in [2.75, 3.05) is 16.8 Å². The minimum atomic E-state index is -0.401. The van der Waals surface area contributed by atoms with Crippen molar-refractivity contribution in [1.82, 2.24) is 15.2 Å². The van der Waals surface area contributed by atoms with Gasteiger partial charge in [-0.25, -0.2) is 9.49 Å². The van der Waals surface area contributed by atoms with Gasteiger partial charge in [-0.3, -0.25) is 4.79 Å². The second kappa shape index (κ2) is 5.50. The SMILES string of the molecule is Nc1nc(SCC(=O)Nc2cccc(F)c2)n[nH]1. The summed E-state index contributed by atoms with van der Waals surface area (Å²) < 4.78 is 12.9. The number of nitrogens with two attached hydrogens (primary N) is 1. The summed E-state index contributed by atoms with van der Waals surface area (Å²) in [5.74, 6) is -0.354. The molecule has 8 heteroatoms. The molecule has 18 heavy (non-hydrogen) atoms. The van der Waals surface area contributed by atoms with Crippen LogP contribution in [0, 0.1) is 5.82 Å². The number of carbonyl (C=O) groups excluding carboxylic acids is 1. The van der Waals surface area contributed by atoms with Crippen LogP contribution in [0.25, 0.3) is 0 Å². The molecule has 0 aliphatic heterocycles. The first-order valence-corrected chi connectivity index (χ1v) is 5.98. The number of anilines is 2. The highest BCUT2D eigenvalue weighted by Crippen LogP contribution is 2.14. The molecule has 1 heterocycles. The maximum absolute atomic E-state index is 12.9. The molecule has 1 aromatic carbocycles. The number of hydrogen-bond acceptors (Lipinski definition) is 5. The second-order valence-corrected chi connectivity index (χ2v) is 4.29. The third-order valence-electron chi connectivity index (χ3n) is 1.92. The molecule has 6 nitrogen and oxygen atoms in total. The number of benzene rings is 1. The summed E-state index contributed by atoms with van der Waals surface area (Å²) in [6.45, 7) is 0. The number of amides is 1. The van der Waals surface area contributed by atoms with E-state index in [-0.39, 0.29) is 17.6 Å². The summed E-state index contributed by atoms with van der Waals surface area (Å²) in [6.07, 6.45) is 0. The summed E-state index contributed by atoms with van der Waals surface area (Å²) in [5, 5.41) is 9.19. The lowest BCUT2D eigenvalue weighted by atomic mass is 10.3. The predicted molar refractivity (Wildman–Crippen MR) is 66.5 cm³/mol. The van der Waals surface area contributed by atoms with Crippen LogP contribution in [-0.2, 0) is 4.79 Å². The zero-order chi connectivity index (χ0) is 13.0. The van der Waals surface area contributed by atoms with Crippen LogP contribution >= 0.6 is 11.8 Å². The van der Waals surface area contributed by atoms with Crippen LogP contribution in [0.15, 0.2) is 29.4 Å². The molecule has 0 unspecified atom stereocenters. The Morgan fingerprint density at radius 1 is 1.56 bits per heavy atom. The zero-order valence-corrected chi connectivity index (χ0v) is 10.00. The van der Waals surface area contributed by atoms with E-state index in [1.54, 1.807) is 6.07 Å². The Hall–Kier alpha value is -2.09. The van der Waals surface area contributed by atoms with Gasteiger partial charge in [0.2, 0.25) is 17.0 Å². The monoisotopic (exact) mass is 267 g/mol. The van der Waals surface area contributed by atoms with E-state index in [1.807, 2.05) is 0 Å². The average Bonchev–Trinajstić information content (AvgIpc) is 2.73. The molecular formula is C10H10FN5OS. The van der Waals surface area contributed by atoms with Crippen molar-refractivity contribution < 1.29 is 9.18 Å². The summed E-state index contributed by atoms with van der Waals surface area (Å²) in [5.41, 5.74) is 5.75. The summed E-state index contributed by atoms with van der Waals surface area (Å²) in [4.78, 5) is 15.4. The van der Waals surface area contributed by atoms with Gasteiger partial charge in [0.05, 0.1) is 5.75 Å². The van der Waals surface area contributed by atoms with Gasteiger partial charge in [-0.1, -0.05) is 17.8 Å². The number of thioether (sulfide) groups is 1. The van der Waals surface area contributed by atoms with Crippen molar-refractivity contribution in [2.45, 2.75) is 5.16 Å². The molecule has 0 aliphatic carbocycles. The minimum absolute atomic E-state index is 0.119. The first-order valence-electron chi connectivity index (χ1n) is 4.99. The van der Waals surface area contributed by atoms with E-state index in [4.69, 9.17) is 5.73 Å². The molecule has 0 aliphatic rings. The van der Waals surface area contributed by atoms with Gasteiger partial charge in [0.25, 0.3) is 0 Å². The molecular weight excluding hydrogens is 257 g/mol. The molecule has 1 amide bonds. The van der Waals surface area contributed by atoms with Crippen LogP contribution < -0.4 is 11.1 Å². The first-order chi connectivity index (χ1) is 8.63. The minimum Gasteiger partial charge on any atom is -0.368 e. The highest BCUT2D eigenvalue weighted by molar-refractivity contribution is 7.99. The van der Waals surface area contributed by atoms with Gasteiger partial charge in [-0.05, 0) is 18.2 Å². The van der Waals surface area contributed by atoms with E-state index in [1.165, 1.54) is 18.2 Å². The first kappa shape index (κ1) is 12.4. The fraction of sp³-hybridized carbons (Fsp3) is 0.100. The number of nitrogens with zero attached hydrogens (tertiary/aromatic N) is 2. The van der Waals surface area contributed by atoms with Gasteiger partial charge in [0, 0.05) is 5.69 Å². The number of halogens is 1. The van der Waals surface area contributed by atoms with Gasteiger partial charge in [0.1, 0.15) is 5.82 Å². The number of hydrogen-bond donors (Lipinski definition) is 3. The van der Waals surface area contributed by atoms with Crippen LogP contribution in [0.4, 0.5) is 16.0 Å². The Labute approximate surface area is 106 Å². The van der Waals surface area contributed by atoms with E-state index >= 15 is 0 Å². The van der Waals surface area contributed by atoms with E-state index in [9.17, 15) is 9.18 Å². The standard InChI is InChI=1S/C10H10FN5OS/c11-6-2-1-3-7(4-6)13-8(17)5-18-10-14-9(12)15-16-10/h1-4H,5H2,(H,13,17)(H3,12,14,15,16). The van der Waals surface area contributed by atoms with E-state index in [2.05, 4.69) is 20.5 Å². The highest BCUT2D eigenvalue weighted by Gasteiger charge is 2.07. The van der Waals surface area contributed by atoms with Crippen molar-refractivity contribution >= 4 is 29.3 Å². The van der Waals surface area contributed by atoms with Crippen LogP contribution in [0.3, 0.4) is 0 Å². The fourth-order valence-electron chi connectivity index (χ4n) is 1.22. The maximum Gasteiger partial charge on any atom is 0.234 e. The molecule has 94 valence electrons. The molecule has 1 aromatic heterocycles. The molecule has 4 N–H and O–H groups in total. The number of aromatic amines is 1. The topological polar surface area (TPSA) is 96.7 Å². The van der Waals surface area contributed by atoms with Gasteiger partial charge in [-0.2, -0.15) is 4.98 Å². The molecule has 0 spiro atoms. The van der Waals surface area contributed by atoms with Crippen molar-refractivity contribution in [1.29, 1.82) is 0 Å². The van der Waals surface area contributed by atoms with Gasteiger partial charge >= 0.3 is 0 Å². The van der Waals surface area contributed by atoms with Crippen LogP contribution in [0.5, 0.6) is 0 Å². The average molecular weight is 267 g/mol. The normalized spacial score (nSPS) is 10.3. The molecule has 2 aromatic rings. The molecule has 0 atom stereocenters. The van der Waals surface area contributed by atoms with Crippen molar-refractivity contribution in [2.24, 2.45) is 0 Å². The second-order valence-electron chi connectivity index (χ2n) is 3.35. The Bertz CT molecular complexity index is 559. The number of nitrogens with one attached hydrogen (secondary N) is 2. The maximum atomic E-state index is 12.9. The quantitative estimate of drug-likeness (QED) is 0.724. The van der Waals surface area contributed by atoms with Gasteiger partial charge in [-0.15, -0.1) is 5.10 Å². The smallest absolute Gasteiger partial charge is 0.234 e. The lowest BCUT2D eigenvalue weighted by Gasteiger charge is -2.03. The zero-order valence-electron chi connectivity index (χ0n) is 9.18. The highest BCUT2D eigenvalue weighted by atomic mass is 32.2. The predicted octanol–water partition coefficient (Wildman–Crippen LogP) is 1.26. The number of rotatable bonds is 4. The van der Waals surface area contributed by atoms with E-state index in [0.717, 1.165) is 11.8 Å². The molecule has 0 radical (unpaired) electrons. The van der Waals surface area contributed by atoms with E-state index < -0.39 is 5.82 Å². The number of H-pyrrole nitrogens is 1. The van der Waals surface area contributed by atoms with Crippen molar-refractivity contribution in [3.8, 4) is 0 Å². The number of carbonyl (C=O) groups is 1. The third-order valence-corrected chi connectivity index (χ3v) is 2.77. The molecule has 0 saturated heterocycles. The van der Waals surface area contributed by atoms with Crippen molar-refractivity contribution in [3.05, 3.63) is 30.1 Å². The van der Waals surface area contributed by atoms with Gasteiger partial charge < -0.3 is 11.1 Å². The third kappa shape index (κ3) is 3.45. The molecule has 0 fully saturated rings. The van der Waals surface area contributed by atoms with Crippen LogP contribution in [0.2, 0.25) is 0 Å². The summed E-state index contributed by atoms with van der Waals surface area (Å²) in [6, 6.07) is 5.68. The summed E-state index contributed by atoms with van der Waals surface area (Å²) in [7, 11) is 0. The lowest BCUT2D eigenvalue weighted by molar-refractivity contribution is -0.113. The molecule has 0 bridgehead atoms. The van der Waals surface area contributed by atoms with Gasteiger partial charge in [0.15, 0.2) is 0 Å². The number of nitrogen functional groups attached to an aromatic ring is 1. The summed E-state index contributed by atoms with van der Waals surface area (Å²) >= 11 is 1.13. The van der Waals surface area contributed by atoms with Crippen molar-refractivity contribution in [3.63, 3.8) is 0 Å². The lowest BCUT2D eigenvalue weighted by Crippen LogP contribution is -2.14. The Balaban J connectivity index is 1.85. The van der Waals surface area contributed by atoms with Crippen LogP contribution in [-0.4, -0.2) is 26.8 Å². The Morgan fingerprint density at radius 2 is 2.39 bits per heavy atom.